The van der Waals surface area contributed by atoms with Crippen LogP contribution in [0, 0.1) is 17.8 Å². The van der Waals surface area contributed by atoms with Crippen molar-refractivity contribution in [2.45, 2.75) is 116 Å². The van der Waals surface area contributed by atoms with E-state index in [0.29, 0.717) is 6.42 Å². The van der Waals surface area contributed by atoms with Gasteiger partial charge in [0.1, 0.15) is 11.7 Å². The average Bonchev–Trinajstić information content (AvgIpc) is 3.69. The molecule has 4 N–H and O–H groups in total. The lowest BCUT2D eigenvalue weighted by Crippen LogP contribution is -2.44. The molecule has 0 radical (unpaired) electrons. The third-order valence-electron chi connectivity index (χ3n) is 8.02. The average molecular weight is 612 g/mol. The van der Waals surface area contributed by atoms with Crippen molar-refractivity contribution in [2.24, 2.45) is 17.8 Å². The molecule has 42 heavy (non-hydrogen) atoms. The molecule has 10 atom stereocenters. The number of aliphatic hydroxyl groups excluding tert-OH is 2. The first-order chi connectivity index (χ1) is 19.7. The fraction of sp³-hybridized carbons (Fsp3) is 0.688. The molecule has 1 saturated heterocycles. The largest absolute Gasteiger partial charge is 0.457 e. The van der Waals surface area contributed by atoms with E-state index in [1.54, 1.807) is 12.2 Å². The van der Waals surface area contributed by atoms with E-state index >= 15 is 0 Å². The van der Waals surface area contributed by atoms with Gasteiger partial charge in [-0.2, -0.15) is 0 Å². The first-order valence-electron chi connectivity index (χ1n) is 14.9. The lowest BCUT2D eigenvalue weighted by atomic mass is 9.88. The minimum atomic E-state index is -1.52. The van der Waals surface area contributed by atoms with Crippen molar-refractivity contribution in [3.63, 3.8) is 0 Å². The zero-order chi connectivity index (χ0) is 31.6. The Hall–Kier alpha value is -2.17. The van der Waals surface area contributed by atoms with E-state index in [-0.39, 0.29) is 66.9 Å². The fourth-order valence-corrected chi connectivity index (χ4v) is 5.18. The Balaban J connectivity index is 2.17. The summed E-state index contributed by atoms with van der Waals surface area (Å²) in [6.07, 6.45) is 7.05. The molecule has 0 saturated carbocycles. The molecule has 2 rings (SSSR count). The first kappa shape index (κ1) is 36.0. The molecule has 1 amide bonds. The highest BCUT2D eigenvalue weighted by Crippen LogP contribution is 2.36. The van der Waals surface area contributed by atoms with Crippen LogP contribution in [0.1, 0.15) is 73.6 Å². The van der Waals surface area contributed by atoms with Crippen molar-refractivity contribution in [2.75, 3.05) is 5.88 Å². The van der Waals surface area contributed by atoms with Gasteiger partial charge in [-0.3, -0.25) is 10.1 Å². The van der Waals surface area contributed by atoms with E-state index in [1.807, 2.05) is 39.8 Å². The van der Waals surface area contributed by atoms with Crippen LogP contribution in [0.5, 0.6) is 0 Å². The van der Waals surface area contributed by atoms with Crippen molar-refractivity contribution >= 4 is 23.7 Å². The Morgan fingerprint density at radius 3 is 2.69 bits per heavy atom. The number of hydrogen-bond acceptors (Lipinski definition) is 8. The minimum absolute atomic E-state index is 0.0122. The highest BCUT2D eigenvalue weighted by atomic mass is 35.5. The smallest absolute Gasteiger partial charge is 0.412 e. The molecule has 0 aromatic heterocycles. The van der Waals surface area contributed by atoms with Gasteiger partial charge < -0.3 is 29.5 Å². The second-order valence-electron chi connectivity index (χ2n) is 12.1. The maximum atomic E-state index is 12.7. The van der Waals surface area contributed by atoms with Crippen LogP contribution in [-0.2, 0) is 19.0 Å². The summed E-state index contributed by atoms with van der Waals surface area (Å²) < 4.78 is 17.1. The molecule has 238 valence electrons. The van der Waals surface area contributed by atoms with Crippen LogP contribution < -0.4 is 5.32 Å². The number of amides is 1. The van der Waals surface area contributed by atoms with Gasteiger partial charge in [-0.25, -0.2) is 4.79 Å². The third kappa shape index (κ3) is 11.5. The summed E-state index contributed by atoms with van der Waals surface area (Å²) in [4.78, 5) is 25.1. The van der Waals surface area contributed by atoms with Crippen molar-refractivity contribution in [1.29, 1.82) is 0 Å². The number of carbonyl (C=O) groups excluding carboxylic acids is 2. The highest BCUT2D eigenvalue weighted by molar-refractivity contribution is 6.19. The number of allylic oxidation sites excluding steroid dienone is 4. The van der Waals surface area contributed by atoms with Crippen molar-refractivity contribution in [3.05, 3.63) is 48.2 Å². The molecule has 0 bridgehead atoms. The maximum absolute atomic E-state index is 12.7. The number of carbonyl (C=O) groups is 2. The zero-order valence-corrected chi connectivity index (χ0v) is 26.5. The van der Waals surface area contributed by atoms with E-state index < -0.39 is 36.0 Å². The van der Waals surface area contributed by atoms with Gasteiger partial charge in [-0.1, -0.05) is 58.6 Å². The van der Waals surface area contributed by atoms with Gasteiger partial charge in [0.15, 0.2) is 6.10 Å². The Morgan fingerprint density at radius 2 is 2.05 bits per heavy atom. The van der Waals surface area contributed by atoms with E-state index in [1.165, 1.54) is 6.92 Å². The van der Waals surface area contributed by atoms with Gasteiger partial charge in [0.05, 0.1) is 36.7 Å². The van der Waals surface area contributed by atoms with E-state index in [2.05, 4.69) is 24.9 Å². The Kier molecular flexibility index (Phi) is 14.3. The van der Waals surface area contributed by atoms with Gasteiger partial charge >= 0.3 is 12.1 Å². The molecule has 10 unspecified atom stereocenters. The van der Waals surface area contributed by atoms with Crippen molar-refractivity contribution in [3.8, 4) is 0 Å². The number of alkyl halides is 1. The summed E-state index contributed by atoms with van der Waals surface area (Å²) in [5.41, 5.74) is -0.474. The molecule has 2 heterocycles. The van der Waals surface area contributed by atoms with Gasteiger partial charge in [0, 0.05) is 17.5 Å². The molecule has 2 aliphatic rings. The van der Waals surface area contributed by atoms with Gasteiger partial charge in [-0.05, 0) is 57.1 Å². The summed E-state index contributed by atoms with van der Waals surface area (Å²) in [6.45, 7) is 15.0. The van der Waals surface area contributed by atoms with Crippen LogP contribution in [-0.4, -0.2) is 75.5 Å². The Bertz CT molecular complexity index is 1010. The number of epoxide rings is 1. The number of cyclic esters (lactones) is 1. The predicted octanol–water partition coefficient (Wildman–Crippen LogP) is 4.94. The van der Waals surface area contributed by atoms with Crippen LogP contribution in [0.3, 0.4) is 0 Å². The SMILES string of the molecule is C=C(CCl)NC(=O)OC1/C=C/C(C)C(/C(C)=C/C=C/C(C)CC2OC2C(C)C(O)CC)OC(=O)CC(O)CCC1(C)O. The zero-order valence-electron chi connectivity index (χ0n) is 25.8. The molecule has 0 aromatic rings. The van der Waals surface area contributed by atoms with Crippen LogP contribution in [0.4, 0.5) is 4.79 Å². The lowest BCUT2D eigenvalue weighted by molar-refractivity contribution is -0.151. The minimum Gasteiger partial charge on any atom is -0.457 e. The highest BCUT2D eigenvalue weighted by Gasteiger charge is 2.45. The summed E-state index contributed by atoms with van der Waals surface area (Å²) in [7, 11) is 0. The molecule has 1 fully saturated rings. The van der Waals surface area contributed by atoms with Gasteiger partial charge in [0.2, 0.25) is 0 Å². The lowest BCUT2D eigenvalue weighted by Gasteiger charge is -2.32. The van der Waals surface area contributed by atoms with E-state index in [4.69, 9.17) is 25.8 Å². The number of halogens is 1. The number of aliphatic hydroxyl groups is 3. The van der Waals surface area contributed by atoms with E-state index in [0.717, 1.165) is 12.0 Å². The van der Waals surface area contributed by atoms with Crippen LogP contribution in [0.2, 0.25) is 0 Å². The van der Waals surface area contributed by atoms with Crippen molar-refractivity contribution in [1.82, 2.24) is 5.32 Å². The maximum Gasteiger partial charge on any atom is 0.412 e. The monoisotopic (exact) mass is 611 g/mol. The molecular formula is C32H50ClNO8. The summed E-state index contributed by atoms with van der Waals surface area (Å²) in [5, 5.41) is 34.1. The van der Waals surface area contributed by atoms with Crippen LogP contribution in [0.15, 0.2) is 48.2 Å². The molecule has 0 spiro atoms. The van der Waals surface area contributed by atoms with E-state index in [9.17, 15) is 24.9 Å². The normalized spacial score (nSPS) is 33.9. The third-order valence-corrected chi connectivity index (χ3v) is 8.34. The molecule has 0 aliphatic carbocycles. The number of alkyl carbamates (subject to hydrolysis) is 1. The van der Waals surface area contributed by atoms with Crippen molar-refractivity contribution < 1.29 is 39.1 Å². The van der Waals surface area contributed by atoms with Gasteiger partial charge in [0.25, 0.3) is 0 Å². The van der Waals surface area contributed by atoms with Crippen LogP contribution >= 0.6 is 11.6 Å². The second-order valence-corrected chi connectivity index (χ2v) is 12.3. The number of hydrogen-bond donors (Lipinski definition) is 4. The summed E-state index contributed by atoms with van der Waals surface area (Å²) >= 11 is 5.69. The van der Waals surface area contributed by atoms with Gasteiger partial charge in [-0.15, -0.1) is 11.6 Å². The summed E-state index contributed by atoms with van der Waals surface area (Å²) in [5.74, 6) is -0.524. The summed E-state index contributed by atoms with van der Waals surface area (Å²) in [6, 6.07) is 0. The Morgan fingerprint density at radius 1 is 1.36 bits per heavy atom. The molecule has 10 heteroatoms. The Labute approximate surface area is 255 Å². The molecule has 9 nitrogen and oxygen atoms in total. The molecular weight excluding hydrogens is 562 g/mol. The fourth-order valence-electron chi connectivity index (χ4n) is 5.11. The van der Waals surface area contributed by atoms with Crippen LogP contribution in [0.25, 0.3) is 0 Å². The number of esters is 1. The molecule has 2 aliphatic heterocycles. The standard InChI is InChI=1S/C32H50ClNO8/c1-8-25(36)23(6)30-26(40-30)16-19(2)10-9-11-20(3)29-21(4)12-13-27(41-31(38)34-22(5)18-33)32(7,39)15-14-24(35)17-28(37)42-29/h9-13,19,21,23-27,29-30,35-36,39H,5,8,14-18H2,1-4,6-7H3,(H,34,38)/b10-9+,13-12+,20-11+. The quantitative estimate of drug-likeness (QED) is 0.0848. The number of rotatable bonds is 11. The second kappa shape index (κ2) is 16.6. The number of ether oxygens (including phenoxy) is 3. The topological polar surface area (TPSA) is 138 Å². The predicted molar refractivity (Wildman–Crippen MR) is 163 cm³/mol. The first-order valence-corrected chi connectivity index (χ1v) is 15.4. The molecule has 0 aromatic carbocycles. The number of nitrogens with one attached hydrogen (secondary N) is 1.